The number of benzene rings is 2. The van der Waals surface area contributed by atoms with Crippen LogP contribution in [0.5, 0.6) is 17.2 Å². The first-order valence-corrected chi connectivity index (χ1v) is 14.5. The van der Waals surface area contributed by atoms with Crippen molar-refractivity contribution < 1.29 is 33.6 Å². The molecule has 1 aromatic heterocycles. The molecule has 3 aromatic rings. The molecular weight excluding hydrogens is 584 g/mol. The summed E-state index contributed by atoms with van der Waals surface area (Å²) in [5, 5.41) is 9.14. The van der Waals surface area contributed by atoms with Crippen LogP contribution in [0.15, 0.2) is 57.5 Å². The Balaban J connectivity index is 1.92. The van der Waals surface area contributed by atoms with Gasteiger partial charge in [-0.2, -0.15) is 0 Å². The number of fused-ring (bicyclic) bond motifs is 1. The molecule has 0 radical (unpaired) electrons. The Morgan fingerprint density at radius 2 is 1.88 bits per heavy atom. The fraction of sp³-hybridized carbons (Fsp3) is 0.333. The van der Waals surface area contributed by atoms with Crippen LogP contribution in [-0.4, -0.2) is 47.5 Å². The van der Waals surface area contributed by atoms with Crippen LogP contribution in [0.4, 0.5) is 0 Å². The molecule has 0 amide bonds. The molecule has 12 heteroatoms. The summed E-state index contributed by atoms with van der Waals surface area (Å²) in [6.45, 7) is 8.83. The standard InChI is InChI=1S/C30H31ClN2O8S/c1-6-38-22-13-18(12-20(31)27(22)40-15-24(34)35)14-23-28(36)33-26(19-10-8-9-11-21(19)41-16(3)4)25(29(37)39-7-2)17(5)32-30(33)42-23/h8-14,16,26H,6-7,15H2,1-5H3,(H,34,35)/b23-14+/t26-/m1/s1. The number of para-hydroxylation sites is 1. The third-order valence-corrected chi connectivity index (χ3v) is 7.33. The lowest BCUT2D eigenvalue weighted by Crippen LogP contribution is -2.40. The summed E-state index contributed by atoms with van der Waals surface area (Å²) in [5.74, 6) is -0.860. The summed E-state index contributed by atoms with van der Waals surface area (Å²) < 4.78 is 24.2. The van der Waals surface area contributed by atoms with Crippen molar-refractivity contribution in [3.05, 3.63) is 83.5 Å². The first-order valence-electron chi connectivity index (χ1n) is 13.3. The molecule has 1 aliphatic rings. The Labute approximate surface area is 251 Å². The van der Waals surface area contributed by atoms with Gasteiger partial charge in [-0.3, -0.25) is 9.36 Å². The number of carboxylic acid groups (broad SMARTS) is 1. The second-order valence-corrected chi connectivity index (χ2v) is 10.9. The van der Waals surface area contributed by atoms with Gasteiger partial charge in [0.2, 0.25) is 0 Å². The topological polar surface area (TPSA) is 126 Å². The SMILES string of the molecule is CCOC(=O)C1=C(C)N=c2s/c(=C/c3cc(Cl)c(OCC(=O)O)c(OCC)c3)c(=O)n2[C@@H]1c1ccccc1OC(C)C. The molecule has 0 bridgehead atoms. The van der Waals surface area contributed by atoms with E-state index in [0.29, 0.717) is 31.9 Å². The number of carbonyl (C=O) groups is 2. The minimum absolute atomic E-state index is 0.0935. The van der Waals surface area contributed by atoms with Gasteiger partial charge in [0.25, 0.3) is 5.56 Å². The number of ether oxygens (including phenoxy) is 4. The molecule has 1 atom stereocenters. The maximum Gasteiger partial charge on any atom is 0.341 e. The van der Waals surface area contributed by atoms with Crippen molar-refractivity contribution in [1.82, 2.24) is 4.57 Å². The number of rotatable bonds is 11. The zero-order chi connectivity index (χ0) is 30.6. The van der Waals surface area contributed by atoms with Crippen molar-refractivity contribution in [3.8, 4) is 17.2 Å². The molecule has 0 saturated heterocycles. The van der Waals surface area contributed by atoms with E-state index in [1.54, 1.807) is 45.0 Å². The second kappa shape index (κ2) is 13.3. The number of aromatic nitrogens is 1. The highest BCUT2D eigenvalue weighted by molar-refractivity contribution is 7.07. The Morgan fingerprint density at radius 1 is 1.14 bits per heavy atom. The molecule has 2 aromatic carbocycles. The molecule has 0 aliphatic carbocycles. The highest BCUT2D eigenvalue weighted by Crippen LogP contribution is 2.38. The average molecular weight is 615 g/mol. The van der Waals surface area contributed by atoms with E-state index in [-0.39, 0.29) is 47.0 Å². The van der Waals surface area contributed by atoms with Gasteiger partial charge in [0.05, 0.1) is 40.1 Å². The summed E-state index contributed by atoms with van der Waals surface area (Å²) in [6, 6.07) is 9.60. The fourth-order valence-electron chi connectivity index (χ4n) is 4.51. The fourth-order valence-corrected chi connectivity index (χ4v) is 5.83. The number of aliphatic carboxylic acids is 1. The number of carboxylic acids is 1. The van der Waals surface area contributed by atoms with E-state index in [2.05, 4.69) is 4.99 Å². The minimum Gasteiger partial charge on any atom is -0.491 e. The summed E-state index contributed by atoms with van der Waals surface area (Å²) >= 11 is 7.59. The molecule has 10 nitrogen and oxygen atoms in total. The van der Waals surface area contributed by atoms with Gasteiger partial charge in [0, 0.05) is 5.56 Å². The first-order chi connectivity index (χ1) is 20.0. The number of esters is 1. The Hall–Kier alpha value is -4.09. The van der Waals surface area contributed by atoms with Gasteiger partial charge in [0.15, 0.2) is 22.9 Å². The predicted octanol–water partition coefficient (Wildman–Crippen LogP) is 4.10. The van der Waals surface area contributed by atoms with Crippen LogP contribution < -0.4 is 29.1 Å². The Kier molecular flexibility index (Phi) is 9.74. The Bertz CT molecular complexity index is 1720. The van der Waals surface area contributed by atoms with Crippen LogP contribution in [0.1, 0.15) is 51.8 Å². The lowest BCUT2D eigenvalue weighted by atomic mass is 9.95. The van der Waals surface area contributed by atoms with E-state index in [1.807, 2.05) is 32.0 Å². The molecule has 42 heavy (non-hydrogen) atoms. The summed E-state index contributed by atoms with van der Waals surface area (Å²) in [6.07, 6.45) is 1.49. The number of nitrogens with zero attached hydrogens (tertiary/aromatic N) is 2. The van der Waals surface area contributed by atoms with Crippen molar-refractivity contribution in [2.75, 3.05) is 19.8 Å². The maximum absolute atomic E-state index is 14.0. The molecule has 0 spiro atoms. The van der Waals surface area contributed by atoms with E-state index in [9.17, 15) is 14.4 Å². The normalized spacial score (nSPS) is 14.8. The van der Waals surface area contributed by atoms with Gasteiger partial charge >= 0.3 is 11.9 Å². The summed E-state index contributed by atoms with van der Waals surface area (Å²) in [4.78, 5) is 43.3. The number of hydrogen-bond donors (Lipinski definition) is 1. The highest BCUT2D eigenvalue weighted by Gasteiger charge is 2.35. The number of allylic oxidation sites excluding steroid dienone is 1. The lowest BCUT2D eigenvalue weighted by Gasteiger charge is -2.26. The van der Waals surface area contributed by atoms with Crippen molar-refractivity contribution in [3.63, 3.8) is 0 Å². The van der Waals surface area contributed by atoms with Crippen molar-refractivity contribution in [2.24, 2.45) is 4.99 Å². The molecule has 0 unspecified atom stereocenters. The zero-order valence-electron chi connectivity index (χ0n) is 23.8. The van der Waals surface area contributed by atoms with Crippen LogP contribution in [0.2, 0.25) is 5.02 Å². The van der Waals surface area contributed by atoms with Crippen LogP contribution in [-0.2, 0) is 14.3 Å². The Morgan fingerprint density at radius 3 is 2.55 bits per heavy atom. The van der Waals surface area contributed by atoms with Crippen molar-refractivity contribution in [2.45, 2.75) is 46.8 Å². The van der Waals surface area contributed by atoms with Gasteiger partial charge in [0.1, 0.15) is 11.8 Å². The van der Waals surface area contributed by atoms with Gasteiger partial charge in [-0.05, 0) is 64.5 Å². The molecule has 222 valence electrons. The number of thiazole rings is 1. The van der Waals surface area contributed by atoms with Crippen molar-refractivity contribution >= 4 is 41.0 Å². The molecule has 2 heterocycles. The molecule has 0 saturated carbocycles. The molecular formula is C30H31ClN2O8S. The summed E-state index contributed by atoms with van der Waals surface area (Å²) in [5.41, 5.74) is 1.46. The second-order valence-electron chi connectivity index (χ2n) is 9.45. The molecule has 0 fully saturated rings. The van der Waals surface area contributed by atoms with Gasteiger partial charge < -0.3 is 24.1 Å². The quantitative estimate of drug-likeness (QED) is 0.320. The van der Waals surface area contributed by atoms with Crippen LogP contribution in [0, 0.1) is 0 Å². The zero-order valence-corrected chi connectivity index (χ0v) is 25.4. The van der Waals surface area contributed by atoms with E-state index >= 15 is 0 Å². The molecule has 1 N–H and O–H groups in total. The number of carbonyl (C=O) groups excluding carboxylic acids is 1. The van der Waals surface area contributed by atoms with E-state index < -0.39 is 24.6 Å². The number of halogens is 1. The van der Waals surface area contributed by atoms with E-state index in [0.717, 1.165) is 11.3 Å². The van der Waals surface area contributed by atoms with Crippen molar-refractivity contribution in [1.29, 1.82) is 0 Å². The van der Waals surface area contributed by atoms with Gasteiger partial charge in [-0.1, -0.05) is 41.1 Å². The monoisotopic (exact) mass is 614 g/mol. The average Bonchev–Trinajstić information content (AvgIpc) is 3.21. The van der Waals surface area contributed by atoms with E-state index in [1.165, 1.54) is 4.57 Å². The third kappa shape index (κ3) is 6.52. The lowest BCUT2D eigenvalue weighted by molar-refractivity contribution is -0.140. The van der Waals surface area contributed by atoms with Crippen LogP contribution in [0.3, 0.4) is 0 Å². The van der Waals surface area contributed by atoms with Gasteiger partial charge in [-0.15, -0.1) is 0 Å². The molecule has 4 rings (SSSR count). The largest absolute Gasteiger partial charge is 0.491 e. The van der Waals surface area contributed by atoms with Gasteiger partial charge in [-0.25, -0.2) is 14.6 Å². The first kappa shape index (κ1) is 30.9. The smallest absolute Gasteiger partial charge is 0.341 e. The minimum atomic E-state index is -1.16. The number of hydrogen-bond acceptors (Lipinski definition) is 9. The van der Waals surface area contributed by atoms with E-state index in [4.69, 9.17) is 35.7 Å². The highest BCUT2D eigenvalue weighted by atomic mass is 35.5. The third-order valence-electron chi connectivity index (χ3n) is 6.06. The predicted molar refractivity (Wildman–Crippen MR) is 158 cm³/mol. The summed E-state index contributed by atoms with van der Waals surface area (Å²) in [7, 11) is 0. The maximum atomic E-state index is 14.0. The molecule has 1 aliphatic heterocycles. The van der Waals surface area contributed by atoms with Crippen LogP contribution >= 0.6 is 22.9 Å². The van der Waals surface area contributed by atoms with Crippen LogP contribution in [0.25, 0.3) is 6.08 Å².